The summed E-state index contributed by atoms with van der Waals surface area (Å²) in [7, 11) is 3.06. The Labute approximate surface area is 179 Å². The molecule has 9 heteroatoms. The van der Waals surface area contributed by atoms with Crippen molar-refractivity contribution in [2.45, 2.75) is 19.8 Å². The van der Waals surface area contributed by atoms with Crippen LogP contribution in [0.4, 0.5) is 5.69 Å². The number of hydrogen-bond acceptors (Lipinski definition) is 7. The standard InChI is InChI=1S/C22H24N4O5/c1-4-31-16-8-5-14(6-9-16)21-24-22(28)17(25-26-21)10-12-20(27)23-15-7-11-18(29-2)19(13-15)30-3/h5-9,11,13H,4,10,12H2,1-3H3,(H,23,27)(H,24,26,28). The number of aromatic nitrogens is 3. The highest BCUT2D eigenvalue weighted by Gasteiger charge is 2.11. The first-order valence-corrected chi connectivity index (χ1v) is 9.75. The first-order valence-electron chi connectivity index (χ1n) is 9.75. The molecule has 31 heavy (non-hydrogen) atoms. The van der Waals surface area contributed by atoms with Gasteiger partial charge in [0.1, 0.15) is 11.4 Å². The minimum Gasteiger partial charge on any atom is -0.494 e. The van der Waals surface area contributed by atoms with Gasteiger partial charge in [-0.3, -0.25) is 9.59 Å². The third kappa shape index (κ3) is 5.59. The number of anilines is 1. The molecular weight excluding hydrogens is 400 g/mol. The predicted molar refractivity (Wildman–Crippen MR) is 116 cm³/mol. The van der Waals surface area contributed by atoms with Crippen molar-refractivity contribution in [3.05, 3.63) is 58.5 Å². The van der Waals surface area contributed by atoms with Crippen LogP contribution in [0, 0.1) is 0 Å². The number of ether oxygens (including phenoxy) is 3. The van der Waals surface area contributed by atoms with Crippen LogP contribution in [0.5, 0.6) is 17.2 Å². The molecule has 2 N–H and O–H groups in total. The fraction of sp³-hybridized carbons (Fsp3) is 0.273. The minimum atomic E-state index is -0.377. The largest absolute Gasteiger partial charge is 0.494 e. The molecular formula is C22H24N4O5. The van der Waals surface area contributed by atoms with Gasteiger partial charge < -0.3 is 24.5 Å². The lowest BCUT2D eigenvalue weighted by Crippen LogP contribution is -2.20. The van der Waals surface area contributed by atoms with Crippen molar-refractivity contribution in [3.63, 3.8) is 0 Å². The number of rotatable bonds is 9. The molecule has 0 spiro atoms. The molecule has 0 aliphatic rings. The third-order valence-corrected chi connectivity index (χ3v) is 4.46. The Morgan fingerprint density at radius 1 is 1.03 bits per heavy atom. The quantitative estimate of drug-likeness (QED) is 0.543. The maximum atomic E-state index is 12.4. The summed E-state index contributed by atoms with van der Waals surface area (Å²) in [5.41, 5.74) is 1.09. The van der Waals surface area contributed by atoms with E-state index in [0.717, 1.165) is 5.75 Å². The molecule has 0 bridgehead atoms. The number of methoxy groups -OCH3 is 2. The highest BCUT2D eigenvalue weighted by Crippen LogP contribution is 2.29. The maximum Gasteiger partial charge on any atom is 0.273 e. The summed E-state index contributed by atoms with van der Waals surface area (Å²) in [5, 5.41) is 10.8. The third-order valence-electron chi connectivity index (χ3n) is 4.46. The van der Waals surface area contributed by atoms with Crippen molar-refractivity contribution in [2.24, 2.45) is 0 Å². The van der Waals surface area contributed by atoms with Crippen molar-refractivity contribution in [1.82, 2.24) is 15.2 Å². The number of H-pyrrole nitrogens is 1. The van der Waals surface area contributed by atoms with Crippen LogP contribution in [0.3, 0.4) is 0 Å². The lowest BCUT2D eigenvalue weighted by atomic mass is 10.2. The fourth-order valence-corrected chi connectivity index (χ4v) is 2.90. The molecule has 3 aromatic rings. The number of aromatic amines is 1. The number of nitrogens with one attached hydrogen (secondary N) is 2. The molecule has 0 fully saturated rings. The van der Waals surface area contributed by atoms with E-state index in [4.69, 9.17) is 14.2 Å². The van der Waals surface area contributed by atoms with Crippen molar-refractivity contribution in [2.75, 3.05) is 26.1 Å². The summed E-state index contributed by atoms with van der Waals surface area (Å²) >= 11 is 0. The molecule has 1 heterocycles. The van der Waals surface area contributed by atoms with Gasteiger partial charge in [0, 0.05) is 30.2 Å². The zero-order valence-electron chi connectivity index (χ0n) is 17.6. The molecule has 162 valence electrons. The van der Waals surface area contributed by atoms with Gasteiger partial charge in [-0.1, -0.05) is 0 Å². The van der Waals surface area contributed by atoms with Crippen LogP contribution in [-0.2, 0) is 11.2 Å². The first-order chi connectivity index (χ1) is 15.0. The van der Waals surface area contributed by atoms with Crippen LogP contribution >= 0.6 is 0 Å². The van der Waals surface area contributed by atoms with Crippen molar-refractivity contribution in [1.29, 1.82) is 0 Å². The van der Waals surface area contributed by atoms with Crippen molar-refractivity contribution >= 4 is 11.6 Å². The molecule has 1 aromatic heterocycles. The van der Waals surface area contributed by atoms with Gasteiger partial charge in [-0.05, 0) is 43.3 Å². The molecule has 0 unspecified atom stereocenters. The number of benzene rings is 2. The second-order valence-corrected chi connectivity index (χ2v) is 6.52. The zero-order chi connectivity index (χ0) is 22.2. The summed E-state index contributed by atoms with van der Waals surface area (Å²) < 4.78 is 15.8. The Bertz CT molecular complexity index is 1100. The fourth-order valence-electron chi connectivity index (χ4n) is 2.90. The topological polar surface area (TPSA) is 115 Å². The van der Waals surface area contributed by atoms with Crippen LogP contribution in [0.15, 0.2) is 47.3 Å². The molecule has 2 aromatic carbocycles. The van der Waals surface area contributed by atoms with Crippen molar-refractivity contribution < 1.29 is 19.0 Å². The highest BCUT2D eigenvalue weighted by molar-refractivity contribution is 5.91. The summed E-state index contributed by atoms with van der Waals surface area (Å²) in [4.78, 5) is 27.3. The smallest absolute Gasteiger partial charge is 0.273 e. The number of nitrogens with zero attached hydrogens (tertiary/aromatic N) is 2. The number of aryl methyl sites for hydroxylation is 1. The van der Waals surface area contributed by atoms with Gasteiger partial charge in [-0.25, -0.2) is 0 Å². The van der Waals surface area contributed by atoms with E-state index < -0.39 is 0 Å². The normalized spacial score (nSPS) is 10.4. The highest BCUT2D eigenvalue weighted by atomic mass is 16.5. The molecule has 0 aliphatic carbocycles. The summed E-state index contributed by atoms with van der Waals surface area (Å²) in [6.07, 6.45) is 0.236. The van der Waals surface area contributed by atoms with Gasteiger partial charge in [-0.2, -0.15) is 0 Å². The summed E-state index contributed by atoms with van der Waals surface area (Å²) in [6, 6.07) is 12.2. The second-order valence-electron chi connectivity index (χ2n) is 6.52. The Balaban J connectivity index is 1.61. The Morgan fingerprint density at radius 2 is 1.77 bits per heavy atom. The van der Waals surface area contributed by atoms with E-state index in [1.807, 2.05) is 6.92 Å². The average molecular weight is 424 g/mol. The van der Waals surface area contributed by atoms with E-state index in [2.05, 4.69) is 20.5 Å². The van der Waals surface area contributed by atoms with Gasteiger partial charge in [0.2, 0.25) is 5.91 Å². The maximum absolute atomic E-state index is 12.4. The Kier molecular flexibility index (Phi) is 7.21. The number of amides is 1. The lowest BCUT2D eigenvalue weighted by molar-refractivity contribution is -0.116. The second kappa shape index (κ2) is 10.2. The average Bonchev–Trinajstić information content (AvgIpc) is 2.79. The first kappa shape index (κ1) is 21.8. The summed E-state index contributed by atoms with van der Waals surface area (Å²) in [6.45, 7) is 2.48. The van der Waals surface area contributed by atoms with E-state index in [1.165, 1.54) is 14.2 Å². The number of hydrogen-bond donors (Lipinski definition) is 2. The predicted octanol–water partition coefficient (Wildman–Crippen LogP) is 2.82. The van der Waals surface area contributed by atoms with Gasteiger partial charge in [0.25, 0.3) is 5.56 Å². The SMILES string of the molecule is CCOc1ccc(-c2nnc(CCC(=O)Nc3ccc(OC)c(OC)c3)c(=O)[nH]2)cc1. The van der Waals surface area contributed by atoms with E-state index >= 15 is 0 Å². The molecule has 9 nitrogen and oxygen atoms in total. The summed E-state index contributed by atoms with van der Waals surface area (Å²) in [5.74, 6) is 1.90. The van der Waals surface area contributed by atoms with Crippen LogP contribution in [0.25, 0.3) is 11.4 Å². The van der Waals surface area contributed by atoms with Crippen LogP contribution in [-0.4, -0.2) is 41.9 Å². The molecule has 0 radical (unpaired) electrons. The van der Waals surface area contributed by atoms with E-state index in [-0.39, 0.29) is 30.0 Å². The van der Waals surface area contributed by atoms with E-state index in [1.54, 1.807) is 42.5 Å². The van der Waals surface area contributed by atoms with Crippen LogP contribution in [0.1, 0.15) is 19.0 Å². The monoisotopic (exact) mass is 424 g/mol. The molecule has 0 atom stereocenters. The molecule has 3 rings (SSSR count). The Hall–Kier alpha value is -3.88. The molecule has 0 aliphatic heterocycles. The number of carbonyl (C=O) groups is 1. The lowest BCUT2D eigenvalue weighted by Gasteiger charge is -2.10. The molecule has 0 saturated carbocycles. The minimum absolute atomic E-state index is 0.0779. The zero-order valence-corrected chi connectivity index (χ0v) is 17.6. The van der Waals surface area contributed by atoms with Gasteiger partial charge in [0.15, 0.2) is 17.3 Å². The molecule has 1 amide bonds. The Morgan fingerprint density at radius 3 is 2.42 bits per heavy atom. The van der Waals surface area contributed by atoms with Gasteiger partial charge >= 0.3 is 0 Å². The number of carbonyl (C=O) groups excluding carboxylic acids is 1. The molecule has 0 saturated heterocycles. The van der Waals surface area contributed by atoms with Crippen molar-refractivity contribution in [3.8, 4) is 28.6 Å². The van der Waals surface area contributed by atoms with Gasteiger partial charge in [-0.15, -0.1) is 10.2 Å². The van der Waals surface area contributed by atoms with E-state index in [0.29, 0.717) is 35.2 Å². The van der Waals surface area contributed by atoms with Gasteiger partial charge in [0.05, 0.1) is 20.8 Å². The van der Waals surface area contributed by atoms with E-state index in [9.17, 15) is 9.59 Å². The van der Waals surface area contributed by atoms with Crippen LogP contribution in [0.2, 0.25) is 0 Å². The van der Waals surface area contributed by atoms with Crippen LogP contribution < -0.4 is 25.1 Å².